The number of allylic oxidation sites excluding steroid dienone is 8. The molecule has 0 aromatic heterocycles. The molecule has 0 saturated carbocycles. The molecule has 0 nitrogen and oxygen atoms in total. The molecular weight excluding hydrogens is 330 g/mol. The van der Waals surface area contributed by atoms with Crippen LogP contribution in [0.3, 0.4) is 0 Å². The molecule has 0 bridgehead atoms. The summed E-state index contributed by atoms with van der Waals surface area (Å²) in [4.78, 5) is 0. The van der Waals surface area contributed by atoms with E-state index in [0.29, 0.717) is 0 Å². The van der Waals surface area contributed by atoms with Crippen LogP contribution in [0.5, 0.6) is 0 Å². The Hall–Kier alpha value is 0.423. The molecule has 0 aliphatic heterocycles. The van der Waals surface area contributed by atoms with Crippen molar-refractivity contribution < 1.29 is 26.2 Å². The summed E-state index contributed by atoms with van der Waals surface area (Å²) in [5, 5.41) is 0. The van der Waals surface area contributed by atoms with Crippen LogP contribution in [0.4, 0.5) is 0 Å². The molecule has 0 spiro atoms. The molecule has 0 radical (unpaired) electrons. The van der Waals surface area contributed by atoms with Crippen LogP contribution in [0.25, 0.3) is 0 Å². The molecule has 0 N–H and O–H groups in total. The Labute approximate surface area is 137 Å². The molecule has 0 atom stereocenters. The van der Waals surface area contributed by atoms with Crippen LogP contribution in [0.2, 0.25) is 0 Å². The summed E-state index contributed by atoms with van der Waals surface area (Å²) in [5.74, 6) is 0.773. The van der Waals surface area contributed by atoms with E-state index in [-0.39, 0.29) is 51.0 Å². The van der Waals surface area contributed by atoms with Crippen molar-refractivity contribution in [3.05, 3.63) is 48.1 Å². The predicted octanol–water partition coefficient (Wildman–Crippen LogP) is 4.87. The van der Waals surface area contributed by atoms with Crippen molar-refractivity contribution in [1.29, 1.82) is 0 Å². The van der Waals surface area contributed by atoms with Gasteiger partial charge < -0.3 is 0 Å². The first-order valence-corrected chi connectivity index (χ1v) is 5.27. The van der Waals surface area contributed by atoms with Crippen molar-refractivity contribution in [2.75, 3.05) is 0 Å². The van der Waals surface area contributed by atoms with E-state index >= 15 is 0 Å². The Morgan fingerprint density at radius 2 is 1.88 bits per heavy atom. The maximum absolute atomic E-state index is 3.29. The van der Waals surface area contributed by atoms with Gasteiger partial charge in [0.2, 0.25) is 0 Å². The molecule has 94 valence electrons. The monoisotopic (exact) mass is 348 g/mol. The summed E-state index contributed by atoms with van der Waals surface area (Å²) in [7, 11) is 0. The van der Waals surface area contributed by atoms with Gasteiger partial charge >= 0.3 is 26.2 Å². The molecule has 0 unspecified atom stereocenters. The van der Waals surface area contributed by atoms with Gasteiger partial charge in [-0.15, -0.1) is 37.7 Å². The smallest absolute Gasteiger partial charge is 0.273 e. The SMILES string of the molecule is CC(C)CC1=[C-]CC=C1.Cl.Cl.[C-]1=CC=CC1.[Zr+2]. The van der Waals surface area contributed by atoms with Gasteiger partial charge in [-0.2, -0.15) is 12.2 Å². The Bertz CT molecular complexity index is 266. The van der Waals surface area contributed by atoms with Gasteiger partial charge in [0.1, 0.15) is 0 Å². The second kappa shape index (κ2) is 14.5. The summed E-state index contributed by atoms with van der Waals surface area (Å²) in [6.07, 6.45) is 19.9. The predicted molar refractivity (Wildman–Crippen MR) is 76.0 cm³/mol. The fourth-order valence-corrected chi connectivity index (χ4v) is 1.37. The molecule has 0 fully saturated rings. The average Bonchev–Trinajstić information content (AvgIpc) is 2.75. The van der Waals surface area contributed by atoms with E-state index in [4.69, 9.17) is 0 Å². The van der Waals surface area contributed by atoms with Gasteiger partial charge in [-0.3, -0.25) is 12.2 Å². The second-order valence-corrected chi connectivity index (χ2v) is 3.91. The fourth-order valence-electron chi connectivity index (χ4n) is 1.37. The minimum Gasteiger partial charge on any atom is -0.273 e. The molecule has 0 amide bonds. The largest absolute Gasteiger partial charge is 2.00 e. The van der Waals surface area contributed by atoms with E-state index in [2.05, 4.69) is 44.2 Å². The third kappa shape index (κ3) is 12.7. The zero-order chi connectivity index (χ0) is 10.2. The molecule has 0 aromatic rings. The molecule has 2 rings (SSSR count). The standard InChI is InChI=1S/C9H13.C5H5.2ClH.Zr/c1-8(2)7-9-5-3-4-6-9;1-2-4-5-3-1;;;/h3,5,8H,4,7H2,1-2H3;1-3H,4H2;2*1H;/q2*-1;;;+2. The number of hydrogen-bond donors (Lipinski definition) is 0. The Balaban J connectivity index is -0.000000216. The molecule has 0 saturated heterocycles. The Morgan fingerprint density at radius 1 is 1.18 bits per heavy atom. The molecular formula is C14H20Cl2Zr. The molecule has 2 aliphatic rings. The van der Waals surface area contributed by atoms with E-state index in [9.17, 15) is 0 Å². The fraction of sp³-hybridized carbons (Fsp3) is 0.429. The minimum atomic E-state index is 0. The maximum atomic E-state index is 3.29. The van der Waals surface area contributed by atoms with E-state index < -0.39 is 0 Å². The van der Waals surface area contributed by atoms with E-state index in [0.717, 1.165) is 18.8 Å². The Kier molecular flexibility index (Phi) is 19.2. The first-order valence-electron chi connectivity index (χ1n) is 5.27. The quantitative estimate of drug-likeness (QED) is 0.624. The molecule has 0 heterocycles. The average molecular weight is 350 g/mol. The first kappa shape index (κ1) is 22.6. The third-order valence-corrected chi connectivity index (χ3v) is 1.98. The van der Waals surface area contributed by atoms with E-state index in [1.54, 1.807) is 0 Å². The van der Waals surface area contributed by atoms with E-state index in [1.165, 1.54) is 12.0 Å². The summed E-state index contributed by atoms with van der Waals surface area (Å²) < 4.78 is 0. The van der Waals surface area contributed by atoms with Crippen molar-refractivity contribution in [2.45, 2.75) is 33.1 Å². The summed E-state index contributed by atoms with van der Waals surface area (Å²) in [5.41, 5.74) is 1.39. The maximum Gasteiger partial charge on any atom is 2.00 e. The number of rotatable bonds is 2. The normalized spacial score (nSPS) is 14.2. The van der Waals surface area contributed by atoms with Crippen LogP contribution in [0, 0.1) is 18.1 Å². The van der Waals surface area contributed by atoms with Gasteiger partial charge in [0.15, 0.2) is 0 Å². The zero-order valence-electron chi connectivity index (χ0n) is 10.4. The van der Waals surface area contributed by atoms with Gasteiger partial charge in [-0.05, 0) is 5.92 Å². The first-order chi connectivity index (χ1) is 6.79. The van der Waals surface area contributed by atoms with Crippen LogP contribution < -0.4 is 0 Å². The topological polar surface area (TPSA) is 0 Å². The van der Waals surface area contributed by atoms with Crippen molar-refractivity contribution in [1.82, 2.24) is 0 Å². The minimum absolute atomic E-state index is 0. The summed E-state index contributed by atoms with van der Waals surface area (Å²) >= 11 is 0. The zero-order valence-corrected chi connectivity index (χ0v) is 14.5. The van der Waals surface area contributed by atoms with Crippen molar-refractivity contribution in [3.63, 3.8) is 0 Å². The number of hydrogen-bond acceptors (Lipinski definition) is 0. The van der Waals surface area contributed by atoms with Gasteiger partial charge in [-0.25, -0.2) is 23.8 Å². The van der Waals surface area contributed by atoms with Crippen LogP contribution in [-0.4, -0.2) is 0 Å². The van der Waals surface area contributed by atoms with Gasteiger partial charge in [-0.1, -0.05) is 20.3 Å². The van der Waals surface area contributed by atoms with E-state index in [1.807, 2.05) is 12.2 Å². The van der Waals surface area contributed by atoms with Crippen molar-refractivity contribution in [3.8, 4) is 0 Å². The van der Waals surface area contributed by atoms with Gasteiger partial charge in [0, 0.05) is 0 Å². The summed E-state index contributed by atoms with van der Waals surface area (Å²) in [6, 6.07) is 0. The molecule has 17 heavy (non-hydrogen) atoms. The van der Waals surface area contributed by atoms with Gasteiger partial charge in [0.05, 0.1) is 0 Å². The third-order valence-electron chi connectivity index (χ3n) is 1.98. The summed E-state index contributed by atoms with van der Waals surface area (Å²) in [6.45, 7) is 4.47. The van der Waals surface area contributed by atoms with Crippen LogP contribution >= 0.6 is 24.8 Å². The molecule has 3 heteroatoms. The van der Waals surface area contributed by atoms with Crippen LogP contribution in [-0.2, 0) is 26.2 Å². The second-order valence-electron chi connectivity index (χ2n) is 3.91. The van der Waals surface area contributed by atoms with Crippen LogP contribution in [0.1, 0.15) is 33.1 Å². The molecule has 0 aromatic carbocycles. The van der Waals surface area contributed by atoms with Crippen molar-refractivity contribution in [2.24, 2.45) is 5.92 Å². The van der Waals surface area contributed by atoms with Gasteiger partial charge in [0.25, 0.3) is 0 Å². The van der Waals surface area contributed by atoms with Crippen LogP contribution in [0.15, 0.2) is 36.0 Å². The Morgan fingerprint density at radius 3 is 2.18 bits per heavy atom. The molecule has 2 aliphatic carbocycles. The number of halogens is 2. The van der Waals surface area contributed by atoms with Crippen molar-refractivity contribution >= 4 is 24.8 Å².